The van der Waals surface area contributed by atoms with Gasteiger partial charge in [0, 0.05) is 11.8 Å². The average molecular weight is 266 g/mol. The van der Waals surface area contributed by atoms with Gasteiger partial charge in [0.15, 0.2) is 5.16 Å². The predicted octanol–water partition coefficient (Wildman–Crippen LogP) is 1.29. The molecule has 0 radical (unpaired) electrons. The molecule has 1 aromatic heterocycles. The summed E-state index contributed by atoms with van der Waals surface area (Å²) in [7, 11) is 0. The summed E-state index contributed by atoms with van der Waals surface area (Å²) in [6, 6.07) is 4.79. The number of nitrogen functional groups attached to an aromatic ring is 1. The van der Waals surface area contributed by atoms with Crippen molar-refractivity contribution in [2.75, 3.05) is 5.43 Å². The van der Waals surface area contributed by atoms with Crippen LogP contribution in [0.5, 0.6) is 0 Å². The Kier molecular flexibility index (Phi) is 3.75. The van der Waals surface area contributed by atoms with Gasteiger partial charge in [0.05, 0.1) is 4.92 Å². The minimum absolute atomic E-state index is 0.0480. The molecule has 0 saturated carbocycles. The average Bonchev–Trinajstić information content (AvgIpc) is 2.88. The Hall–Kier alpha value is -2.13. The zero-order valence-electron chi connectivity index (χ0n) is 9.16. The van der Waals surface area contributed by atoms with Crippen LogP contribution >= 0.6 is 11.8 Å². The summed E-state index contributed by atoms with van der Waals surface area (Å²) < 4.78 is 0. The zero-order valence-corrected chi connectivity index (χ0v) is 9.98. The number of hydrazine groups is 1. The van der Waals surface area contributed by atoms with Crippen molar-refractivity contribution in [3.63, 3.8) is 0 Å². The number of aromatic amines is 1. The molecule has 2 aromatic rings. The lowest BCUT2D eigenvalue weighted by molar-refractivity contribution is -0.384. The summed E-state index contributed by atoms with van der Waals surface area (Å²) >= 11 is 1.38. The first-order valence-corrected chi connectivity index (χ1v) is 5.92. The third-order valence-corrected chi connectivity index (χ3v) is 3.15. The third-order valence-electron chi connectivity index (χ3n) is 2.23. The van der Waals surface area contributed by atoms with Gasteiger partial charge < -0.3 is 5.43 Å². The Morgan fingerprint density at radius 3 is 3.00 bits per heavy atom. The van der Waals surface area contributed by atoms with Gasteiger partial charge in [0.1, 0.15) is 12.0 Å². The van der Waals surface area contributed by atoms with E-state index in [0.29, 0.717) is 16.6 Å². The third kappa shape index (κ3) is 2.57. The molecule has 0 aliphatic rings. The molecule has 0 bridgehead atoms. The number of benzene rings is 1. The summed E-state index contributed by atoms with van der Waals surface area (Å²) in [4.78, 5) is 14.3. The number of nitro groups is 1. The number of aromatic nitrogens is 3. The molecule has 0 unspecified atom stereocenters. The van der Waals surface area contributed by atoms with Crippen LogP contribution < -0.4 is 11.3 Å². The van der Waals surface area contributed by atoms with Gasteiger partial charge in [-0.25, -0.2) is 4.98 Å². The van der Waals surface area contributed by atoms with Gasteiger partial charge in [0.2, 0.25) is 0 Å². The van der Waals surface area contributed by atoms with E-state index in [-0.39, 0.29) is 5.69 Å². The second kappa shape index (κ2) is 5.47. The number of anilines is 1. The highest BCUT2D eigenvalue weighted by Crippen LogP contribution is 2.31. The van der Waals surface area contributed by atoms with E-state index < -0.39 is 4.92 Å². The minimum Gasteiger partial charge on any atom is -0.318 e. The Morgan fingerprint density at radius 2 is 2.39 bits per heavy atom. The van der Waals surface area contributed by atoms with Gasteiger partial charge >= 0.3 is 0 Å². The molecule has 18 heavy (non-hydrogen) atoms. The number of nitrogens with one attached hydrogen (secondary N) is 2. The molecule has 0 amide bonds. The van der Waals surface area contributed by atoms with Crippen molar-refractivity contribution in [2.24, 2.45) is 5.84 Å². The van der Waals surface area contributed by atoms with Crippen molar-refractivity contribution in [2.45, 2.75) is 10.9 Å². The lowest BCUT2D eigenvalue weighted by atomic mass is 10.2. The van der Waals surface area contributed by atoms with Crippen molar-refractivity contribution in [3.05, 3.63) is 40.2 Å². The molecule has 0 aliphatic heterocycles. The number of nitro benzene ring substituents is 1. The lowest BCUT2D eigenvalue weighted by Gasteiger charge is -2.07. The summed E-state index contributed by atoms with van der Waals surface area (Å²) in [5.41, 5.74) is 3.37. The highest BCUT2D eigenvalue weighted by Gasteiger charge is 2.16. The van der Waals surface area contributed by atoms with E-state index in [4.69, 9.17) is 5.84 Å². The standard InChI is InChI=1S/C9H10N6O2S/c10-13-8-6(2-1-3-7(8)15(16)17)4-18-9-11-5-12-14-9/h1-3,5,13H,4,10H2,(H,11,12,14). The van der Waals surface area contributed by atoms with Gasteiger partial charge in [-0.2, -0.15) is 5.10 Å². The van der Waals surface area contributed by atoms with Crippen LogP contribution in [-0.2, 0) is 5.75 Å². The van der Waals surface area contributed by atoms with E-state index in [2.05, 4.69) is 20.6 Å². The van der Waals surface area contributed by atoms with Crippen molar-refractivity contribution in [3.8, 4) is 0 Å². The molecule has 2 rings (SSSR count). The Balaban J connectivity index is 2.22. The molecule has 1 aromatic carbocycles. The molecule has 0 saturated heterocycles. The fraction of sp³-hybridized carbons (Fsp3) is 0.111. The van der Waals surface area contributed by atoms with Gasteiger partial charge in [-0.05, 0) is 5.56 Å². The first kappa shape index (κ1) is 12.3. The number of hydrogen-bond donors (Lipinski definition) is 3. The summed E-state index contributed by atoms with van der Waals surface area (Å²) in [6.45, 7) is 0. The number of para-hydroxylation sites is 1. The van der Waals surface area contributed by atoms with Crippen LogP contribution in [0.3, 0.4) is 0 Å². The summed E-state index contributed by atoms with van der Waals surface area (Å²) in [6.07, 6.45) is 1.40. The van der Waals surface area contributed by atoms with E-state index in [0.717, 1.165) is 5.56 Å². The monoisotopic (exact) mass is 266 g/mol. The zero-order chi connectivity index (χ0) is 13.0. The second-order valence-corrected chi connectivity index (χ2v) is 4.26. The number of nitrogens with zero attached hydrogens (tertiary/aromatic N) is 3. The Bertz CT molecular complexity index is 544. The predicted molar refractivity (Wildman–Crippen MR) is 66.9 cm³/mol. The number of hydrogen-bond acceptors (Lipinski definition) is 7. The fourth-order valence-electron chi connectivity index (χ4n) is 1.44. The number of nitrogens with two attached hydrogens (primary N) is 1. The molecule has 9 heteroatoms. The number of thioether (sulfide) groups is 1. The SMILES string of the molecule is NNc1c(CSc2ncn[nH]2)cccc1[N+](=O)[O-]. The van der Waals surface area contributed by atoms with Crippen LogP contribution in [0.2, 0.25) is 0 Å². The molecule has 0 atom stereocenters. The smallest absolute Gasteiger partial charge is 0.293 e. The molecule has 0 fully saturated rings. The van der Waals surface area contributed by atoms with Crippen LogP contribution in [-0.4, -0.2) is 20.1 Å². The van der Waals surface area contributed by atoms with Crippen LogP contribution in [0, 0.1) is 10.1 Å². The van der Waals surface area contributed by atoms with Crippen LogP contribution in [0.4, 0.5) is 11.4 Å². The highest BCUT2D eigenvalue weighted by atomic mass is 32.2. The highest BCUT2D eigenvalue weighted by molar-refractivity contribution is 7.98. The molecule has 0 aliphatic carbocycles. The number of H-pyrrole nitrogens is 1. The van der Waals surface area contributed by atoms with Crippen LogP contribution in [0.1, 0.15) is 5.56 Å². The quantitative estimate of drug-likeness (QED) is 0.322. The van der Waals surface area contributed by atoms with Crippen LogP contribution in [0.25, 0.3) is 0 Å². The maximum Gasteiger partial charge on any atom is 0.293 e. The van der Waals surface area contributed by atoms with Gasteiger partial charge in [-0.15, -0.1) is 0 Å². The largest absolute Gasteiger partial charge is 0.318 e. The van der Waals surface area contributed by atoms with E-state index in [9.17, 15) is 10.1 Å². The maximum absolute atomic E-state index is 10.8. The van der Waals surface area contributed by atoms with Crippen molar-refractivity contribution >= 4 is 23.1 Å². The molecule has 4 N–H and O–H groups in total. The van der Waals surface area contributed by atoms with E-state index >= 15 is 0 Å². The molecule has 0 spiro atoms. The van der Waals surface area contributed by atoms with Gasteiger partial charge in [-0.3, -0.25) is 21.1 Å². The van der Waals surface area contributed by atoms with Crippen molar-refractivity contribution < 1.29 is 4.92 Å². The van der Waals surface area contributed by atoms with E-state index in [1.165, 1.54) is 24.2 Å². The molecular formula is C9H10N6O2S. The van der Waals surface area contributed by atoms with E-state index in [1.807, 2.05) is 0 Å². The molecule has 8 nitrogen and oxygen atoms in total. The summed E-state index contributed by atoms with van der Waals surface area (Å²) in [5, 5.41) is 17.9. The topological polar surface area (TPSA) is 123 Å². The maximum atomic E-state index is 10.8. The van der Waals surface area contributed by atoms with Gasteiger partial charge in [0.25, 0.3) is 5.69 Å². The lowest BCUT2D eigenvalue weighted by Crippen LogP contribution is -2.11. The van der Waals surface area contributed by atoms with Crippen LogP contribution in [0.15, 0.2) is 29.7 Å². The first-order chi connectivity index (χ1) is 8.72. The van der Waals surface area contributed by atoms with E-state index in [1.54, 1.807) is 12.1 Å². The van der Waals surface area contributed by atoms with Crippen molar-refractivity contribution in [1.29, 1.82) is 0 Å². The molecule has 94 valence electrons. The van der Waals surface area contributed by atoms with Gasteiger partial charge in [-0.1, -0.05) is 23.9 Å². The first-order valence-electron chi connectivity index (χ1n) is 4.93. The fourth-order valence-corrected chi connectivity index (χ4v) is 2.21. The number of rotatable bonds is 5. The Morgan fingerprint density at radius 1 is 1.56 bits per heavy atom. The molecule has 1 heterocycles. The van der Waals surface area contributed by atoms with Crippen molar-refractivity contribution in [1.82, 2.24) is 15.2 Å². The summed E-state index contributed by atoms with van der Waals surface area (Å²) in [5.74, 6) is 5.84. The second-order valence-electron chi connectivity index (χ2n) is 3.29. The Labute approximate surface area is 106 Å². The minimum atomic E-state index is -0.474. The molecular weight excluding hydrogens is 256 g/mol. The normalized spacial score (nSPS) is 10.3.